The lowest BCUT2D eigenvalue weighted by molar-refractivity contribution is -0.0999. The van der Waals surface area contributed by atoms with Crippen molar-refractivity contribution in [2.75, 3.05) is 11.6 Å². The van der Waals surface area contributed by atoms with Gasteiger partial charge < -0.3 is 10.5 Å². The van der Waals surface area contributed by atoms with Crippen molar-refractivity contribution in [3.8, 4) is 0 Å². The van der Waals surface area contributed by atoms with Crippen molar-refractivity contribution >= 4 is 23.3 Å². The minimum absolute atomic E-state index is 0.0895. The van der Waals surface area contributed by atoms with Gasteiger partial charge in [0.2, 0.25) is 0 Å². The number of carbonyl (C=O) groups excluding carboxylic acids is 1. The van der Waals surface area contributed by atoms with Crippen LogP contribution in [-0.2, 0) is 4.74 Å². The number of hydrogen-bond donors (Lipinski definition) is 2. The number of nitrogens with two attached hydrogens (primary N) is 1. The number of hydrazine groups is 1. The molecule has 2 aliphatic rings. The summed E-state index contributed by atoms with van der Waals surface area (Å²) in [6.45, 7) is 7.59. The fourth-order valence-corrected chi connectivity index (χ4v) is 3.90. The quantitative estimate of drug-likeness (QED) is 0.758. The fourth-order valence-electron chi connectivity index (χ4n) is 3.65. The Balaban J connectivity index is 1.60. The molecule has 1 aromatic heterocycles. The van der Waals surface area contributed by atoms with Crippen LogP contribution in [0.2, 0.25) is 5.15 Å². The van der Waals surface area contributed by atoms with Gasteiger partial charge in [0.1, 0.15) is 17.2 Å². The van der Waals surface area contributed by atoms with Gasteiger partial charge in [-0.15, -0.1) is 0 Å². The number of ether oxygens (including phenoxy) is 1. The van der Waals surface area contributed by atoms with Gasteiger partial charge in [-0.05, 0) is 48.3 Å². The van der Waals surface area contributed by atoms with Crippen LogP contribution in [0.25, 0.3) is 0 Å². The average molecular weight is 365 g/mol. The van der Waals surface area contributed by atoms with Gasteiger partial charge in [-0.1, -0.05) is 32.4 Å². The zero-order chi connectivity index (χ0) is 18.2. The summed E-state index contributed by atoms with van der Waals surface area (Å²) in [4.78, 5) is 15.4. The van der Waals surface area contributed by atoms with Gasteiger partial charge in [0.25, 0.3) is 5.91 Å². The number of hydrogen-bond acceptors (Lipinski definition) is 5. The first-order valence-corrected chi connectivity index (χ1v) is 9.03. The molecule has 0 saturated heterocycles. The molecule has 0 bridgehead atoms. The molecular weight excluding hydrogens is 340 g/mol. The smallest absolute Gasteiger partial charge is 0.251 e. The van der Waals surface area contributed by atoms with Crippen LogP contribution in [0.4, 0.5) is 5.82 Å². The summed E-state index contributed by atoms with van der Waals surface area (Å²) >= 11 is 6.02. The molecule has 1 aromatic rings. The van der Waals surface area contributed by atoms with Gasteiger partial charge in [-0.3, -0.25) is 9.80 Å². The van der Waals surface area contributed by atoms with E-state index in [-0.39, 0.29) is 22.4 Å². The lowest BCUT2D eigenvalue weighted by Crippen LogP contribution is -2.48. The first kappa shape index (κ1) is 18.2. The van der Waals surface area contributed by atoms with E-state index in [0.29, 0.717) is 17.7 Å². The summed E-state index contributed by atoms with van der Waals surface area (Å²) in [5.41, 5.74) is 8.95. The van der Waals surface area contributed by atoms with Crippen LogP contribution in [0.15, 0.2) is 24.4 Å². The number of pyridine rings is 1. The Bertz CT molecular complexity index is 687. The summed E-state index contributed by atoms with van der Waals surface area (Å²) in [6.07, 6.45) is 6.07. The Morgan fingerprint density at radius 1 is 1.56 bits per heavy atom. The van der Waals surface area contributed by atoms with Gasteiger partial charge in [0.15, 0.2) is 0 Å². The van der Waals surface area contributed by atoms with Crippen molar-refractivity contribution in [2.24, 2.45) is 23.0 Å². The molecule has 136 valence electrons. The second kappa shape index (κ2) is 6.94. The Morgan fingerprint density at radius 2 is 2.32 bits per heavy atom. The molecule has 0 spiro atoms. The average Bonchev–Trinajstić information content (AvgIpc) is 3.02. The van der Waals surface area contributed by atoms with Crippen LogP contribution < -0.4 is 16.2 Å². The van der Waals surface area contributed by atoms with Crippen molar-refractivity contribution in [2.45, 2.75) is 39.8 Å². The lowest BCUT2D eigenvalue weighted by atomic mass is 9.56. The Labute approximate surface area is 153 Å². The van der Waals surface area contributed by atoms with Gasteiger partial charge in [-0.2, -0.15) is 5.43 Å². The van der Waals surface area contributed by atoms with Gasteiger partial charge in [0, 0.05) is 6.20 Å². The van der Waals surface area contributed by atoms with E-state index >= 15 is 0 Å². The molecule has 1 aliphatic carbocycles. The first-order valence-electron chi connectivity index (χ1n) is 8.65. The van der Waals surface area contributed by atoms with E-state index in [0.717, 1.165) is 6.61 Å². The second-order valence-electron chi connectivity index (χ2n) is 7.27. The summed E-state index contributed by atoms with van der Waals surface area (Å²) in [5, 5.41) is 1.82. The van der Waals surface area contributed by atoms with Crippen molar-refractivity contribution in [3.63, 3.8) is 0 Å². The zero-order valence-corrected chi connectivity index (χ0v) is 15.6. The second-order valence-corrected chi connectivity index (χ2v) is 7.63. The van der Waals surface area contributed by atoms with Crippen molar-refractivity contribution in [3.05, 3.63) is 35.1 Å². The molecule has 3 atom stereocenters. The normalized spacial score (nSPS) is 28.4. The summed E-state index contributed by atoms with van der Waals surface area (Å²) in [6, 6.07) is 3.26. The van der Waals surface area contributed by atoms with Gasteiger partial charge in [-0.25, -0.2) is 4.98 Å². The van der Waals surface area contributed by atoms with E-state index in [2.05, 4.69) is 31.2 Å². The van der Waals surface area contributed by atoms with E-state index in [1.54, 1.807) is 17.1 Å². The number of primary amides is 1. The highest BCUT2D eigenvalue weighted by Gasteiger charge is 2.46. The largest absolute Gasteiger partial charge is 0.366 e. The minimum atomic E-state index is -0.594. The molecule has 0 radical (unpaired) electrons. The van der Waals surface area contributed by atoms with Crippen LogP contribution in [0.3, 0.4) is 0 Å². The number of rotatable bonds is 6. The van der Waals surface area contributed by atoms with Gasteiger partial charge >= 0.3 is 0 Å². The van der Waals surface area contributed by atoms with Crippen LogP contribution in [0.1, 0.15) is 44.0 Å². The van der Waals surface area contributed by atoms with Crippen LogP contribution in [0.5, 0.6) is 0 Å². The third-order valence-corrected chi connectivity index (χ3v) is 6.02. The van der Waals surface area contributed by atoms with E-state index in [9.17, 15) is 4.79 Å². The van der Waals surface area contributed by atoms with Crippen LogP contribution >= 0.6 is 11.6 Å². The SMILES string of the molecule is CC(C)C1(COC2C=CN(c3ccc(C(N)=O)c(Cl)n3)N2)CC[C@H]1C. The van der Waals surface area contributed by atoms with Crippen molar-refractivity contribution in [1.82, 2.24) is 10.4 Å². The molecule has 3 rings (SSSR count). The molecule has 2 unspecified atom stereocenters. The van der Waals surface area contributed by atoms with E-state index < -0.39 is 5.91 Å². The van der Waals surface area contributed by atoms with E-state index in [1.165, 1.54) is 12.8 Å². The highest BCUT2D eigenvalue weighted by atomic mass is 35.5. The molecule has 1 saturated carbocycles. The molecule has 6 nitrogen and oxygen atoms in total. The Kier molecular flexibility index (Phi) is 5.04. The monoisotopic (exact) mass is 364 g/mol. The summed E-state index contributed by atoms with van der Waals surface area (Å²) < 4.78 is 6.11. The molecule has 0 aromatic carbocycles. The maximum absolute atomic E-state index is 11.2. The number of carbonyl (C=O) groups is 1. The third-order valence-electron chi connectivity index (χ3n) is 5.73. The number of aromatic nitrogens is 1. The van der Waals surface area contributed by atoms with Crippen molar-refractivity contribution in [1.29, 1.82) is 0 Å². The molecule has 1 fully saturated rings. The number of amides is 1. The molecule has 3 N–H and O–H groups in total. The van der Waals surface area contributed by atoms with Gasteiger partial charge in [0.05, 0.1) is 12.2 Å². The highest BCUT2D eigenvalue weighted by Crippen LogP contribution is 2.52. The number of nitrogens with zero attached hydrogens (tertiary/aromatic N) is 2. The standard InChI is InChI=1S/C18H25ClN4O2/c1-11(2)18(8-6-12(18)3)10-25-15-7-9-23(22-15)14-5-4-13(17(20)24)16(19)21-14/h4-5,7,9,11-12,15,22H,6,8,10H2,1-3H3,(H2,20,24)/t12-,15?,18?/m1/s1. The van der Waals surface area contributed by atoms with E-state index in [1.807, 2.05) is 12.3 Å². The number of anilines is 1. The molecular formula is C18H25ClN4O2. The third kappa shape index (κ3) is 3.38. The Hall–Kier alpha value is -1.63. The topological polar surface area (TPSA) is 80.5 Å². The molecule has 1 amide bonds. The molecule has 2 heterocycles. The molecule has 1 aliphatic heterocycles. The first-order chi connectivity index (χ1) is 11.8. The molecule has 25 heavy (non-hydrogen) atoms. The summed E-state index contributed by atoms with van der Waals surface area (Å²) in [7, 11) is 0. The predicted molar refractivity (Wildman–Crippen MR) is 97.9 cm³/mol. The predicted octanol–water partition coefficient (Wildman–Crippen LogP) is 3.09. The maximum atomic E-state index is 11.2. The fraction of sp³-hybridized carbons (Fsp3) is 0.556. The van der Waals surface area contributed by atoms with Crippen molar-refractivity contribution < 1.29 is 9.53 Å². The summed E-state index contributed by atoms with van der Waals surface area (Å²) in [5.74, 6) is 1.27. The van der Waals surface area contributed by atoms with E-state index in [4.69, 9.17) is 22.1 Å². The number of nitrogens with one attached hydrogen (secondary N) is 1. The van der Waals surface area contributed by atoms with Crippen LogP contribution in [0, 0.1) is 17.3 Å². The zero-order valence-electron chi connectivity index (χ0n) is 14.8. The number of halogens is 1. The molecule has 7 heteroatoms. The highest BCUT2D eigenvalue weighted by molar-refractivity contribution is 6.32. The van der Waals surface area contributed by atoms with Crippen LogP contribution in [-0.4, -0.2) is 23.7 Å². The Morgan fingerprint density at radius 3 is 2.84 bits per heavy atom. The maximum Gasteiger partial charge on any atom is 0.251 e. The lowest BCUT2D eigenvalue weighted by Gasteiger charge is -2.51. The minimum Gasteiger partial charge on any atom is -0.366 e.